The molecule has 0 radical (unpaired) electrons. The van der Waals surface area contributed by atoms with Crippen molar-refractivity contribution in [3.63, 3.8) is 0 Å². The molecule has 1 aromatic carbocycles. The first-order valence-electron chi connectivity index (χ1n) is 8.06. The fourth-order valence-corrected chi connectivity index (χ4v) is 4.89. The maximum Gasteiger partial charge on any atom is 0.267 e. The molecule has 0 saturated carbocycles. The van der Waals surface area contributed by atoms with Crippen LogP contribution in [0.2, 0.25) is 0 Å². The van der Waals surface area contributed by atoms with Crippen molar-refractivity contribution in [2.45, 2.75) is 33.2 Å². The number of nitrogens with one attached hydrogen (secondary N) is 1. The van der Waals surface area contributed by atoms with Gasteiger partial charge in [-0.2, -0.15) is 5.26 Å². The standard InChI is InChI=1S/C18H23N3O3S/c1-12-7-13(2)17(14(3)8-12)20-18(22)15(9-19)10-21(4)16-5-6-25(23,24)11-16/h7-8,10,16H,5-6,11H2,1-4H3,(H,20,22)/b15-10-. The van der Waals surface area contributed by atoms with Gasteiger partial charge in [-0.15, -0.1) is 0 Å². The van der Waals surface area contributed by atoms with E-state index in [2.05, 4.69) is 5.32 Å². The monoisotopic (exact) mass is 361 g/mol. The maximum absolute atomic E-state index is 12.5. The molecular formula is C18H23N3O3S. The third-order valence-corrected chi connectivity index (χ3v) is 6.15. The lowest BCUT2D eigenvalue weighted by atomic mass is 10.0. The molecule has 6 nitrogen and oxygen atoms in total. The molecule has 1 aromatic rings. The number of carbonyl (C=O) groups is 1. The number of benzene rings is 1. The summed E-state index contributed by atoms with van der Waals surface area (Å²) in [5.41, 5.74) is 3.61. The highest BCUT2D eigenvalue weighted by atomic mass is 32.2. The van der Waals surface area contributed by atoms with Gasteiger partial charge in [0.1, 0.15) is 11.6 Å². The first-order chi connectivity index (χ1) is 11.6. The van der Waals surface area contributed by atoms with E-state index < -0.39 is 15.7 Å². The second-order valence-corrected chi connectivity index (χ2v) is 8.83. The summed E-state index contributed by atoms with van der Waals surface area (Å²) < 4.78 is 23.2. The van der Waals surface area contributed by atoms with Crippen molar-refractivity contribution in [2.24, 2.45) is 0 Å². The molecular weight excluding hydrogens is 338 g/mol. The molecule has 1 atom stereocenters. The summed E-state index contributed by atoms with van der Waals surface area (Å²) >= 11 is 0. The van der Waals surface area contributed by atoms with Crippen molar-refractivity contribution < 1.29 is 13.2 Å². The van der Waals surface area contributed by atoms with Crippen LogP contribution in [0.15, 0.2) is 23.9 Å². The van der Waals surface area contributed by atoms with E-state index in [1.807, 2.05) is 39.0 Å². The molecule has 1 aliphatic rings. The van der Waals surface area contributed by atoms with E-state index in [-0.39, 0.29) is 23.1 Å². The second kappa shape index (κ2) is 7.28. The van der Waals surface area contributed by atoms with Crippen LogP contribution in [0.3, 0.4) is 0 Å². The van der Waals surface area contributed by atoms with E-state index in [0.717, 1.165) is 16.7 Å². The SMILES string of the molecule is Cc1cc(C)c(NC(=O)/C(C#N)=C\N(C)C2CCS(=O)(=O)C2)c(C)c1. The van der Waals surface area contributed by atoms with E-state index in [4.69, 9.17) is 0 Å². The van der Waals surface area contributed by atoms with Gasteiger partial charge < -0.3 is 10.2 Å². The normalized spacial score (nSPS) is 19.3. The van der Waals surface area contributed by atoms with Crippen LogP contribution < -0.4 is 5.32 Å². The van der Waals surface area contributed by atoms with Crippen LogP contribution in [-0.2, 0) is 14.6 Å². The fourth-order valence-electron chi connectivity index (χ4n) is 3.10. The van der Waals surface area contributed by atoms with Gasteiger partial charge in [0.05, 0.1) is 11.5 Å². The fraction of sp³-hybridized carbons (Fsp3) is 0.444. The van der Waals surface area contributed by atoms with Gasteiger partial charge in [-0.05, 0) is 38.3 Å². The minimum atomic E-state index is -3.02. The van der Waals surface area contributed by atoms with Gasteiger partial charge >= 0.3 is 0 Å². The van der Waals surface area contributed by atoms with Gasteiger partial charge in [-0.1, -0.05) is 17.7 Å². The Morgan fingerprint density at radius 3 is 2.40 bits per heavy atom. The lowest BCUT2D eigenvalue weighted by Gasteiger charge is -2.21. The van der Waals surface area contributed by atoms with Crippen LogP contribution >= 0.6 is 0 Å². The quantitative estimate of drug-likeness (QED) is 0.655. The van der Waals surface area contributed by atoms with Gasteiger partial charge in [0, 0.05) is 25.0 Å². The van der Waals surface area contributed by atoms with Crippen molar-refractivity contribution in [2.75, 3.05) is 23.9 Å². The van der Waals surface area contributed by atoms with Crippen molar-refractivity contribution in [1.29, 1.82) is 5.26 Å². The van der Waals surface area contributed by atoms with Crippen LogP contribution in [0.1, 0.15) is 23.1 Å². The van der Waals surface area contributed by atoms with Crippen LogP contribution in [-0.4, -0.2) is 43.8 Å². The highest BCUT2D eigenvalue weighted by Gasteiger charge is 2.30. The van der Waals surface area contributed by atoms with Gasteiger partial charge in [-0.25, -0.2) is 8.42 Å². The van der Waals surface area contributed by atoms with Crippen molar-refractivity contribution in [3.05, 3.63) is 40.6 Å². The smallest absolute Gasteiger partial charge is 0.267 e. The van der Waals surface area contributed by atoms with Crippen molar-refractivity contribution in [3.8, 4) is 6.07 Å². The molecule has 2 rings (SSSR count). The van der Waals surface area contributed by atoms with E-state index in [1.165, 1.54) is 6.20 Å². The van der Waals surface area contributed by atoms with E-state index in [9.17, 15) is 18.5 Å². The van der Waals surface area contributed by atoms with Gasteiger partial charge in [0.25, 0.3) is 5.91 Å². The summed E-state index contributed by atoms with van der Waals surface area (Å²) in [6.45, 7) is 5.79. The summed E-state index contributed by atoms with van der Waals surface area (Å²) in [5, 5.41) is 12.1. The Labute approximate surface area is 149 Å². The summed E-state index contributed by atoms with van der Waals surface area (Å²) in [6.07, 6.45) is 1.94. The van der Waals surface area contributed by atoms with Gasteiger partial charge in [-0.3, -0.25) is 4.79 Å². The minimum Gasteiger partial charge on any atom is -0.375 e. The van der Waals surface area contributed by atoms with Crippen LogP contribution in [0.25, 0.3) is 0 Å². The van der Waals surface area contributed by atoms with Crippen molar-refractivity contribution >= 4 is 21.4 Å². The molecule has 1 aliphatic heterocycles. The molecule has 7 heteroatoms. The first-order valence-corrected chi connectivity index (χ1v) is 9.88. The number of anilines is 1. The number of hydrogen-bond donors (Lipinski definition) is 1. The van der Waals surface area contributed by atoms with Crippen molar-refractivity contribution in [1.82, 2.24) is 4.90 Å². The molecule has 25 heavy (non-hydrogen) atoms. The van der Waals surface area contributed by atoms with Crippen LogP contribution in [0.4, 0.5) is 5.69 Å². The molecule has 1 saturated heterocycles. The Morgan fingerprint density at radius 1 is 1.32 bits per heavy atom. The van der Waals surface area contributed by atoms with Gasteiger partial charge in [0.15, 0.2) is 9.84 Å². The molecule has 1 heterocycles. The number of sulfone groups is 1. The molecule has 1 N–H and O–H groups in total. The predicted molar refractivity (Wildman–Crippen MR) is 97.8 cm³/mol. The second-order valence-electron chi connectivity index (χ2n) is 6.60. The van der Waals surface area contributed by atoms with Crippen LogP contribution in [0, 0.1) is 32.1 Å². The third-order valence-electron chi connectivity index (χ3n) is 4.40. The summed E-state index contributed by atoms with van der Waals surface area (Å²) in [7, 11) is -1.33. The summed E-state index contributed by atoms with van der Waals surface area (Å²) in [5.74, 6) is -0.299. The van der Waals surface area contributed by atoms with Gasteiger partial charge in [0.2, 0.25) is 0 Å². The molecule has 134 valence electrons. The highest BCUT2D eigenvalue weighted by molar-refractivity contribution is 7.91. The zero-order valence-electron chi connectivity index (χ0n) is 15.0. The topological polar surface area (TPSA) is 90.3 Å². The summed E-state index contributed by atoms with van der Waals surface area (Å²) in [6, 6.07) is 5.63. The van der Waals surface area contributed by atoms with E-state index >= 15 is 0 Å². The van der Waals surface area contributed by atoms with E-state index in [1.54, 1.807) is 11.9 Å². The average Bonchev–Trinajstić information content (AvgIpc) is 2.88. The molecule has 0 bridgehead atoms. The Hall–Kier alpha value is -2.33. The third kappa shape index (κ3) is 4.60. The zero-order chi connectivity index (χ0) is 18.8. The molecule has 1 fully saturated rings. The average molecular weight is 361 g/mol. The maximum atomic E-state index is 12.5. The predicted octanol–water partition coefficient (Wildman–Crippen LogP) is 2.08. The summed E-state index contributed by atoms with van der Waals surface area (Å²) in [4.78, 5) is 14.1. The minimum absolute atomic E-state index is 0.0498. The lowest BCUT2D eigenvalue weighted by Crippen LogP contribution is -2.29. The number of nitrogens with zero attached hydrogens (tertiary/aromatic N) is 2. The van der Waals surface area contributed by atoms with Crippen LogP contribution in [0.5, 0.6) is 0 Å². The Bertz CT molecular complexity index is 843. The Kier molecular flexibility index (Phi) is 5.53. The molecule has 0 aromatic heterocycles. The highest BCUT2D eigenvalue weighted by Crippen LogP contribution is 2.23. The first kappa shape index (κ1) is 19.0. The number of carbonyl (C=O) groups excluding carboxylic acids is 1. The van der Waals surface area contributed by atoms with E-state index in [0.29, 0.717) is 12.1 Å². The number of amides is 1. The molecule has 1 amide bonds. The number of rotatable bonds is 4. The molecule has 0 spiro atoms. The number of nitriles is 1. The Morgan fingerprint density at radius 2 is 1.92 bits per heavy atom. The number of hydrogen-bond acceptors (Lipinski definition) is 5. The largest absolute Gasteiger partial charge is 0.375 e. The molecule has 0 aliphatic carbocycles. The lowest BCUT2D eigenvalue weighted by molar-refractivity contribution is -0.112. The number of aryl methyl sites for hydroxylation is 3. The molecule has 1 unspecified atom stereocenters. The Balaban J connectivity index is 2.18. The zero-order valence-corrected chi connectivity index (χ0v) is 15.8.